The van der Waals surface area contributed by atoms with Gasteiger partial charge in [-0.1, -0.05) is 30.3 Å². The zero-order chi connectivity index (χ0) is 10.9. The van der Waals surface area contributed by atoms with Gasteiger partial charge in [-0.15, -0.1) is 11.3 Å². The highest BCUT2D eigenvalue weighted by molar-refractivity contribution is 7.91. The number of hydrogen-bond acceptors (Lipinski definition) is 3. The van der Waals surface area contributed by atoms with Gasteiger partial charge in [0, 0.05) is 6.26 Å². The second-order valence-corrected chi connectivity index (χ2v) is 6.15. The average Bonchev–Trinajstić information content (AvgIpc) is 2.67. The molecule has 0 aliphatic carbocycles. The number of rotatable bonds is 2. The van der Waals surface area contributed by atoms with Gasteiger partial charge < -0.3 is 0 Å². The second kappa shape index (κ2) is 3.79. The van der Waals surface area contributed by atoms with Crippen molar-refractivity contribution >= 4 is 21.2 Å². The number of thiophene rings is 1. The molecule has 2 aromatic rings. The van der Waals surface area contributed by atoms with Crippen LogP contribution in [0.1, 0.15) is 0 Å². The molecule has 0 N–H and O–H groups in total. The summed E-state index contributed by atoms with van der Waals surface area (Å²) in [6.07, 6.45) is 1.24. The minimum absolute atomic E-state index is 0.415. The predicted octanol–water partition coefficient (Wildman–Crippen LogP) is 2.82. The zero-order valence-electron chi connectivity index (χ0n) is 8.17. The minimum atomic E-state index is -3.13. The summed E-state index contributed by atoms with van der Waals surface area (Å²) in [7, 11) is -3.13. The first kappa shape index (κ1) is 10.4. The van der Waals surface area contributed by atoms with Crippen LogP contribution < -0.4 is 0 Å². The molecule has 0 spiro atoms. The van der Waals surface area contributed by atoms with E-state index in [2.05, 4.69) is 0 Å². The van der Waals surface area contributed by atoms with Crippen molar-refractivity contribution in [2.75, 3.05) is 6.26 Å². The van der Waals surface area contributed by atoms with Crippen molar-refractivity contribution in [2.45, 2.75) is 4.90 Å². The lowest BCUT2D eigenvalue weighted by atomic mass is 10.2. The van der Waals surface area contributed by atoms with E-state index in [9.17, 15) is 8.42 Å². The van der Waals surface area contributed by atoms with Gasteiger partial charge in [-0.2, -0.15) is 0 Å². The topological polar surface area (TPSA) is 34.1 Å². The quantitative estimate of drug-likeness (QED) is 0.806. The molecule has 1 aromatic carbocycles. The van der Waals surface area contributed by atoms with Gasteiger partial charge in [0.1, 0.15) is 0 Å². The summed E-state index contributed by atoms with van der Waals surface area (Å²) < 4.78 is 23.0. The van der Waals surface area contributed by atoms with Crippen molar-refractivity contribution in [3.8, 4) is 10.4 Å². The summed E-state index contributed by atoms with van der Waals surface area (Å²) in [5.74, 6) is 0. The minimum Gasteiger partial charge on any atom is -0.224 e. The molecule has 0 aliphatic heterocycles. The third-order valence-corrected chi connectivity index (χ3v) is 4.30. The smallest absolute Gasteiger partial charge is 0.176 e. The molecule has 78 valence electrons. The van der Waals surface area contributed by atoms with Crippen molar-refractivity contribution in [1.82, 2.24) is 0 Å². The monoisotopic (exact) mass is 238 g/mol. The van der Waals surface area contributed by atoms with Crippen LogP contribution in [0.3, 0.4) is 0 Å². The second-order valence-electron chi connectivity index (χ2n) is 3.25. The lowest BCUT2D eigenvalue weighted by Crippen LogP contribution is -1.96. The van der Waals surface area contributed by atoms with Crippen LogP contribution >= 0.6 is 11.3 Å². The Morgan fingerprint density at radius 3 is 2.33 bits per heavy atom. The van der Waals surface area contributed by atoms with Crippen LogP contribution in [0.2, 0.25) is 0 Å². The van der Waals surface area contributed by atoms with E-state index >= 15 is 0 Å². The van der Waals surface area contributed by atoms with E-state index in [1.807, 2.05) is 30.3 Å². The Labute approximate surface area is 93.1 Å². The van der Waals surface area contributed by atoms with Crippen molar-refractivity contribution < 1.29 is 8.42 Å². The third-order valence-electron chi connectivity index (χ3n) is 2.06. The van der Waals surface area contributed by atoms with Gasteiger partial charge in [-0.3, -0.25) is 0 Å². The van der Waals surface area contributed by atoms with Gasteiger partial charge in [-0.05, 0) is 17.0 Å². The normalized spacial score (nSPS) is 11.5. The molecule has 1 heterocycles. The molecule has 0 bridgehead atoms. The zero-order valence-corrected chi connectivity index (χ0v) is 9.81. The molecule has 0 atom stereocenters. The first-order chi connectivity index (χ1) is 7.09. The molecule has 4 heteroatoms. The van der Waals surface area contributed by atoms with Gasteiger partial charge in [-0.25, -0.2) is 8.42 Å². The maximum Gasteiger partial charge on any atom is 0.176 e. The molecule has 1 aromatic heterocycles. The lowest BCUT2D eigenvalue weighted by molar-refractivity contribution is 0.602. The fourth-order valence-electron chi connectivity index (χ4n) is 1.39. The van der Waals surface area contributed by atoms with E-state index in [-0.39, 0.29) is 0 Å². The highest BCUT2D eigenvalue weighted by atomic mass is 32.2. The number of hydrogen-bond donors (Lipinski definition) is 0. The van der Waals surface area contributed by atoms with Gasteiger partial charge in [0.15, 0.2) is 9.84 Å². The Hall–Kier alpha value is -1.13. The summed E-state index contributed by atoms with van der Waals surface area (Å²) in [5.41, 5.74) is 0.952. The molecule has 0 fully saturated rings. The number of benzene rings is 1. The van der Waals surface area contributed by atoms with Crippen molar-refractivity contribution in [3.05, 3.63) is 41.8 Å². The van der Waals surface area contributed by atoms with E-state index in [1.54, 1.807) is 11.4 Å². The van der Waals surface area contributed by atoms with E-state index in [0.717, 1.165) is 10.4 Å². The molecular weight excluding hydrogens is 228 g/mol. The third kappa shape index (κ3) is 2.11. The summed E-state index contributed by atoms with van der Waals surface area (Å²) in [6, 6.07) is 11.2. The Morgan fingerprint density at radius 2 is 1.73 bits per heavy atom. The molecule has 0 aliphatic rings. The predicted molar refractivity (Wildman–Crippen MR) is 62.9 cm³/mol. The van der Waals surface area contributed by atoms with Gasteiger partial charge in [0.05, 0.1) is 9.77 Å². The largest absolute Gasteiger partial charge is 0.224 e. The van der Waals surface area contributed by atoms with Crippen molar-refractivity contribution in [1.29, 1.82) is 0 Å². The van der Waals surface area contributed by atoms with Crippen LogP contribution in [0, 0.1) is 0 Å². The molecule has 2 rings (SSSR count). The van der Waals surface area contributed by atoms with Gasteiger partial charge in [0.2, 0.25) is 0 Å². The molecule has 0 saturated heterocycles. The van der Waals surface area contributed by atoms with E-state index in [4.69, 9.17) is 0 Å². The maximum atomic E-state index is 11.5. The Bertz CT molecular complexity index is 553. The Kier molecular flexibility index (Phi) is 2.63. The van der Waals surface area contributed by atoms with Crippen LogP contribution in [0.4, 0.5) is 0 Å². The summed E-state index contributed by atoms with van der Waals surface area (Å²) >= 11 is 1.45. The van der Waals surface area contributed by atoms with E-state index < -0.39 is 9.84 Å². The highest BCUT2D eigenvalue weighted by Gasteiger charge is 2.15. The first-order valence-electron chi connectivity index (χ1n) is 4.42. The molecular formula is C11H10O2S2. The summed E-state index contributed by atoms with van der Waals surface area (Å²) in [6.45, 7) is 0. The summed E-state index contributed by atoms with van der Waals surface area (Å²) in [5, 5.41) is 1.80. The van der Waals surface area contributed by atoms with Gasteiger partial charge in [0.25, 0.3) is 0 Å². The maximum absolute atomic E-state index is 11.5. The fraction of sp³-hybridized carbons (Fsp3) is 0.0909. The van der Waals surface area contributed by atoms with Crippen molar-refractivity contribution in [3.63, 3.8) is 0 Å². The van der Waals surface area contributed by atoms with Crippen molar-refractivity contribution in [2.24, 2.45) is 0 Å². The van der Waals surface area contributed by atoms with E-state index in [1.165, 1.54) is 17.6 Å². The molecule has 15 heavy (non-hydrogen) atoms. The van der Waals surface area contributed by atoms with Crippen LogP contribution in [0.25, 0.3) is 10.4 Å². The molecule has 2 nitrogen and oxygen atoms in total. The van der Waals surface area contributed by atoms with Crippen LogP contribution in [-0.2, 0) is 9.84 Å². The number of sulfone groups is 1. The van der Waals surface area contributed by atoms with Crippen LogP contribution in [0.15, 0.2) is 46.7 Å². The molecule has 0 unspecified atom stereocenters. The average molecular weight is 238 g/mol. The fourth-order valence-corrected chi connectivity index (χ4v) is 3.64. The standard InChI is InChI=1S/C11H10O2S2/c1-15(12,13)10-7-8-14-11(10)9-5-3-2-4-6-9/h2-8H,1H3. The highest BCUT2D eigenvalue weighted by Crippen LogP contribution is 2.32. The molecule has 0 saturated carbocycles. The molecule has 0 radical (unpaired) electrons. The van der Waals surface area contributed by atoms with Crippen LogP contribution in [0.5, 0.6) is 0 Å². The van der Waals surface area contributed by atoms with E-state index in [0.29, 0.717) is 4.90 Å². The van der Waals surface area contributed by atoms with Gasteiger partial charge >= 0.3 is 0 Å². The van der Waals surface area contributed by atoms with Crippen LogP contribution in [-0.4, -0.2) is 14.7 Å². The Morgan fingerprint density at radius 1 is 1.07 bits per heavy atom. The Balaban J connectivity index is 2.61. The first-order valence-corrected chi connectivity index (χ1v) is 7.19. The summed E-state index contributed by atoms with van der Waals surface area (Å²) in [4.78, 5) is 1.23. The SMILES string of the molecule is CS(=O)(=O)c1ccsc1-c1ccccc1. The lowest BCUT2D eigenvalue weighted by Gasteiger charge is -2.01. The molecule has 0 amide bonds.